The van der Waals surface area contributed by atoms with Crippen LogP contribution in [0.5, 0.6) is 0 Å². The van der Waals surface area contributed by atoms with Gasteiger partial charge in [-0.2, -0.15) is 0 Å². The van der Waals surface area contributed by atoms with Crippen LogP contribution in [-0.4, -0.2) is 18.1 Å². The summed E-state index contributed by atoms with van der Waals surface area (Å²) in [5.41, 5.74) is 8.02. The van der Waals surface area contributed by atoms with Crippen LogP contribution in [0, 0.1) is 0 Å². The predicted molar refractivity (Wildman–Crippen MR) is 73.1 cm³/mol. The van der Waals surface area contributed by atoms with Gasteiger partial charge >= 0.3 is 5.97 Å². The molecule has 0 unspecified atom stereocenters. The van der Waals surface area contributed by atoms with Gasteiger partial charge in [0.25, 0.3) is 0 Å². The molecule has 0 aliphatic carbocycles. The van der Waals surface area contributed by atoms with E-state index in [1.54, 1.807) is 18.3 Å². The topological polar surface area (TPSA) is 65.2 Å². The fourth-order valence-corrected chi connectivity index (χ4v) is 1.87. The average molecular weight is 307 g/mol. The summed E-state index contributed by atoms with van der Waals surface area (Å²) in [6.07, 6.45) is 1.69. The Labute approximate surface area is 113 Å². The van der Waals surface area contributed by atoms with E-state index in [0.29, 0.717) is 11.4 Å². The summed E-state index contributed by atoms with van der Waals surface area (Å²) in [6.45, 7) is 0. The van der Waals surface area contributed by atoms with Crippen molar-refractivity contribution in [3.63, 3.8) is 0 Å². The van der Waals surface area contributed by atoms with Gasteiger partial charge in [0.2, 0.25) is 0 Å². The number of anilines is 1. The molecule has 0 atom stereocenters. The third-order valence-electron chi connectivity index (χ3n) is 2.51. The highest BCUT2D eigenvalue weighted by Crippen LogP contribution is 2.25. The highest BCUT2D eigenvalue weighted by Gasteiger charge is 2.06. The Morgan fingerprint density at radius 2 is 1.94 bits per heavy atom. The number of nitrogen functional groups attached to an aromatic ring is 1. The molecule has 0 amide bonds. The molecule has 92 valence electrons. The Kier molecular flexibility index (Phi) is 3.62. The summed E-state index contributed by atoms with van der Waals surface area (Å²) in [5, 5.41) is 0. The van der Waals surface area contributed by atoms with Crippen LogP contribution >= 0.6 is 15.9 Å². The molecule has 1 aromatic heterocycles. The number of ether oxygens (including phenoxy) is 1. The molecule has 0 fully saturated rings. The van der Waals surface area contributed by atoms with Crippen LogP contribution in [0.2, 0.25) is 0 Å². The Morgan fingerprint density at radius 1 is 1.28 bits per heavy atom. The molecule has 0 aliphatic heterocycles. The number of halogens is 1. The fourth-order valence-electron chi connectivity index (χ4n) is 1.52. The minimum atomic E-state index is -0.349. The van der Waals surface area contributed by atoms with Gasteiger partial charge in [-0.1, -0.05) is 12.1 Å². The van der Waals surface area contributed by atoms with Crippen molar-refractivity contribution < 1.29 is 9.53 Å². The number of carbonyl (C=O) groups excluding carboxylic acids is 1. The molecule has 2 aromatic rings. The lowest BCUT2D eigenvalue weighted by Crippen LogP contribution is -2.00. The number of esters is 1. The summed E-state index contributed by atoms with van der Waals surface area (Å²) in [5.74, 6) is 0.100. The zero-order chi connectivity index (χ0) is 13.1. The molecule has 0 radical (unpaired) electrons. The maximum absolute atomic E-state index is 11.3. The van der Waals surface area contributed by atoms with Crippen LogP contribution in [0.15, 0.2) is 41.0 Å². The van der Waals surface area contributed by atoms with Crippen molar-refractivity contribution in [2.75, 3.05) is 12.8 Å². The fraction of sp³-hybridized carbons (Fsp3) is 0.0769. The first-order valence-electron chi connectivity index (χ1n) is 5.21. The molecule has 1 heterocycles. The molecule has 2 rings (SSSR count). The van der Waals surface area contributed by atoms with Gasteiger partial charge in [-0.05, 0) is 39.7 Å². The summed E-state index contributed by atoms with van der Waals surface area (Å²) >= 11 is 3.33. The molecule has 5 heteroatoms. The number of hydrogen-bond donors (Lipinski definition) is 1. The highest BCUT2D eigenvalue weighted by atomic mass is 79.9. The van der Waals surface area contributed by atoms with E-state index in [1.165, 1.54) is 7.11 Å². The second-order valence-electron chi connectivity index (χ2n) is 3.66. The van der Waals surface area contributed by atoms with Crippen molar-refractivity contribution >= 4 is 27.7 Å². The lowest BCUT2D eigenvalue weighted by atomic mass is 10.1. The van der Waals surface area contributed by atoms with E-state index in [1.807, 2.05) is 18.2 Å². The van der Waals surface area contributed by atoms with Gasteiger partial charge in [-0.3, -0.25) is 0 Å². The van der Waals surface area contributed by atoms with Crippen LogP contribution in [0.1, 0.15) is 10.4 Å². The molecular formula is C13H11BrN2O2. The Morgan fingerprint density at radius 3 is 2.50 bits per heavy atom. The van der Waals surface area contributed by atoms with Crippen molar-refractivity contribution in [2.45, 2.75) is 0 Å². The van der Waals surface area contributed by atoms with Gasteiger partial charge in [0.15, 0.2) is 0 Å². The van der Waals surface area contributed by atoms with Crippen LogP contribution in [0.4, 0.5) is 5.82 Å². The summed E-state index contributed by atoms with van der Waals surface area (Å²) in [7, 11) is 1.36. The van der Waals surface area contributed by atoms with Gasteiger partial charge in [-0.15, -0.1) is 0 Å². The summed E-state index contributed by atoms with van der Waals surface area (Å²) in [4.78, 5) is 15.4. The van der Waals surface area contributed by atoms with E-state index in [0.717, 1.165) is 15.6 Å². The number of rotatable bonds is 2. The minimum Gasteiger partial charge on any atom is -0.465 e. The number of carbonyl (C=O) groups is 1. The van der Waals surface area contributed by atoms with Gasteiger partial charge in [0, 0.05) is 11.8 Å². The molecular weight excluding hydrogens is 296 g/mol. The average Bonchev–Trinajstić information content (AvgIpc) is 2.41. The van der Waals surface area contributed by atoms with Gasteiger partial charge in [0.05, 0.1) is 17.1 Å². The summed E-state index contributed by atoms with van der Waals surface area (Å²) < 4.78 is 5.39. The third-order valence-corrected chi connectivity index (χ3v) is 3.14. The smallest absolute Gasteiger partial charge is 0.337 e. The van der Waals surface area contributed by atoms with Crippen molar-refractivity contribution in [3.05, 3.63) is 46.6 Å². The summed E-state index contributed by atoms with van der Waals surface area (Å²) in [6, 6.07) is 8.99. The van der Waals surface area contributed by atoms with E-state index in [-0.39, 0.29) is 5.97 Å². The Balaban J connectivity index is 2.34. The van der Waals surface area contributed by atoms with Crippen molar-refractivity contribution in [2.24, 2.45) is 0 Å². The second-order valence-corrected chi connectivity index (χ2v) is 4.51. The van der Waals surface area contributed by atoms with Gasteiger partial charge in [-0.25, -0.2) is 9.78 Å². The predicted octanol–water partition coefficient (Wildman–Crippen LogP) is 2.88. The first-order chi connectivity index (χ1) is 8.61. The standard InChI is InChI=1S/C13H11BrN2O2/c1-18-13(17)9-4-2-8(3-5-9)10-6-11(14)12(15)16-7-10/h2-7H,1H3,(H2,15,16). The number of nitrogens with two attached hydrogens (primary N) is 1. The first kappa shape index (κ1) is 12.6. The molecule has 0 bridgehead atoms. The molecule has 0 saturated carbocycles. The van der Waals surface area contributed by atoms with Crippen molar-refractivity contribution in [1.29, 1.82) is 0 Å². The second kappa shape index (κ2) is 5.18. The largest absolute Gasteiger partial charge is 0.465 e. The van der Waals surface area contributed by atoms with E-state index >= 15 is 0 Å². The van der Waals surface area contributed by atoms with E-state index < -0.39 is 0 Å². The number of aromatic nitrogens is 1. The maximum Gasteiger partial charge on any atom is 0.337 e. The van der Waals surface area contributed by atoms with Crippen LogP contribution in [0.25, 0.3) is 11.1 Å². The quantitative estimate of drug-likeness (QED) is 0.866. The first-order valence-corrected chi connectivity index (χ1v) is 6.01. The molecule has 18 heavy (non-hydrogen) atoms. The van der Waals surface area contributed by atoms with Crippen LogP contribution in [0.3, 0.4) is 0 Å². The monoisotopic (exact) mass is 306 g/mol. The van der Waals surface area contributed by atoms with Crippen LogP contribution in [-0.2, 0) is 4.74 Å². The lowest BCUT2D eigenvalue weighted by molar-refractivity contribution is 0.0601. The molecule has 0 spiro atoms. The lowest BCUT2D eigenvalue weighted by Gasteiger charge is -2.05. The van der Waals surface area contributed by atoms with Gasteiger partial charge < -0.3 is 10.5 Å². The molecule has 4 nitrogen and oxygen atoms in total. The molecule has 0 aliphatic rings. The zero-order valence-corrected chi connectivity index (χ0v) is 11.3. The minimum absolute atomic E-state index is 0.349. The number of benzene rings is 1. The molecule has 1 aromatic carbocycles. The maximum atomic E-state index is 11.3. The molecule has 0 saturated heterocycles. The number of pyridine rings is 1. The van der Waals surface area contributed by atoms with Crippen LogP contribution < -0.4 is 5.73 Å². The zero-order valence-electron chi connectivity index (χ0n) is 9.68. The Bertz CT molecular complexity index is 582. The van der Waals surface area contributed by atoms with Crippen molar-refractivity contribution in [1.82, 2.24) is 4.98 Å². The molecule has 2 N–H and O–H groups in total. The third kappa shape index (κ3) is 2.51. The van der Waals surface area contributed by atoms with E-state index in [2.05, 4.69) is 25.7 Å². The Hall–Kier alpha value is -1.88. The highest BCUT2D eigenvalue weighted by molar-refractivity contribution is 9.10. The van der Waals surface area contributed by atoms with E-state index in [4.69, 9.17) is 5.73 Å². The van der Waals surface area contributed by atoms with Gasteiger partial charge in [0.1, 0.15) is 5.82 Å². The van der Waals surface area contributed by atoms with E-state index in [9.17, 15) is 4.79 Å². The normalized spacial score (nSPS) is 10.1. The number of nitrogens with zero attached hydrogens (tertiary/aromatic N) is 1. The number of hydrogen-bond acceptors (Lipinski definition) is 4. The SMILES string of the molecule is COC(=O)c1ccc(-c2cnc(N)c(Br)c2)cc1. The number of methoxy groups -OCH3 is 1. The van der Waals surface area contributed by atoms with Crippen molar-refractivity contribution in [3.8, 4) is 11.1 Å².